The average molecular weight is 219 g/mol. The van der Waals surface area contributed by atoms with Crippen molar-refractivity contribution in [3.8, 4) is 0 Å². The third kappa shape index (κ3) is 2.70. The van der Waals surface area contributed by atoms with E-state index in [4.69, 9.17) is 11.6 Å². The Morgan fingerprint density at radius 1 is 1.13 bits per heavy atom. The average Bonchev–Trinajstić information content (AvgIpc) is 2.29. The summed E-state index contributed by atoms with van der Waals surface area (Å²) in [4.78, 5) is 3.93. The SMILES string of the molecule is Clc1cnccc1NCc1ccccc1. The van der Waals surface area contributed by atoms with Gasteiger partial charge in [0.2, 0.25) is 0 Å². The van der Waals surface area contributed by atoms with Crippen LogP contribution in [0.1, 0.15) is 5.56 Å². The molecular formula is C12H11ClN2. The summed E-state index contributed by atoms with van der Waals surface area (Å²) in [6.07, 6.45) is 3.36. The predicted octanol–water partition coefficient (Wildman–Crippen LogP) is 3.35. The lowest BCUT2D eigenvalue weighted by Gasteiger charge is -2.07. The van der Waals surface area contributed by atoms with Gasteiger partial charge in [0.15, 0.2) is 0 Å². The topological polar surface area (TPSA) is 24.9 Å². The highest BCUT2D eigenvalue weighted by Gasteiger charge is 1.97. The Bertz CT molecular complexity index is 429. The highest BCUT2D eigenvalue weighted by molar-refractivity contribution is 6.33. The summed E-state index contributed by atoms with van der Waals surface area (Å²) in [5.41, 5.74) is 2.14. The molecule has 0 atom stereocenters. The van der Waals surface area contributed by atoms with Gasteiger partial charge < -0.3 is 5.32 Å². The lowest BCUT2D eigenvalue weighted by atomic mass is 10.2. The number of rotatable bonds is 3. The molecule has 0 aliphatic rings. The third-order valence-corrected chi connectivity index (χ3v) is 2.40. The molecule has 2 aromatic rings. The third-order valence-electron chi connectivity index (χ3n) is 2.10. The molecule has 1 N–H and O–H groups in total. The first-order chi connectivity index (χ1) is 7.36. The summed E-state index contributed by atoms with van der Waals surface area (Å²) in [6.45, 7) is 0.768. The highest BCUT2D eigenvalue weighted by atomic mass is 35.5. The molecule has 0 radical (unpaired) electrons. The van der Waals surface area contributed by atoms with Crippen molar-refractivity contribution in [2.24, 2.45) is 0 Å². The van der Waals surface area contributed by atoms with Crippen LogP contribution in [-0.4, -0.2) is 4.98 Å². The van der Waals surface area contributed by atoms with Crippen LogP contribution in [0.4, 0.5) is 5.69 Å². The summed E-state index contributed by atoms with van der Waals surface area (Å²) in [6, 6.07) is 12.1. The number of pyridine rings is 1. The maximum Gasteiger partial charge on any atom is 0.0820 e. The van der Waals surface area contributed by atoms with Crippen molar-refractivity contribution in [3.63, 3.8) is 0 Å². The van der Waals surface area contributed by atoms with Gasteiger partial charge in [-0.3, -0.25) is 4.98 Å². The Morgan fingerprint density at radius 3 is 2.67 bits per heavy atom. The Balaban J connectivity index is 2.03. The second kappa shape index (κ2) is 4.80. The first-order valence-electron chi connectivity index (χ1n) is 4.73. The molecule has 1 heterocycles. The molecule has 76 valence electrons. The smallest absolute Gasteiger partial charge is 0.0820 e. The van der Waals surface area contributed by atoms with Gasteiger partial charge in [-0.1, -0.05) is 41.9 Å². The Morgan fingerprint density at radius 2 is 1.93 bits per heavy atom. The van der Waals surface area contributed by atoms with Crippen LogP contribution in [-0.2, 0) is 6.54 Å². The molecule has 0 unspecified atom stereocenters. The fourth-order valence-corrected chi connectivity index (χ4v) is 1.50. The first kappa shape index (κ1) is 9.99. The molecule has 0 saturated heterocycles. The van der Waals surface area contributed by atoms with Crippen LogP contribution in [0.25, 0.3) is 0 Å². The van der Waals surface area contributed by atoms with Crippen molar-refractivity contribution in [3.05, 3.63) is 59.4 Å². The molecule has 0 saturated carbocycles. The number of hydrogen-bond acceptors (Lipinski definition) is 2. The molecular weight excluding hydrogens is 208 g/mol. The molecule has 0 spiro atoms. The van der Waals surface area contributed by atoms with Gasteiger partial charge in [-0.2, -0.15) is 0 Å². The van der Waals surface area contributed by atoms with E-state index in [1.807, 2.05) is 24.3 Å². The van der Waals surface area contributed by atoms with Crippen molar-refractivity contribution in [2.75, 3.05) is 5.32 Å². The number of halogens is 1. The van der Waals surface area contributed by atoms with Crippen LogP contribution in [0.15, 0.2) is 48.8 Å². The zero-order valence-electron chi connectivity index (χ0n) is 8.15. The van der Waals surface area contributed by atoms with Crippen molar-refractivity contribution in [2.45, 2.75) is 6.54 Å². The summed E-state index contributed by atoms with van der Waals surface area (Å²) in [7, 11) is 0. The lowest BCUT2D eigenvalue weighted by molar-refractivity contribution is 1.14. The number of nitrogens with one attached hydrogen (secondary N) is 1. The normalized spacial score (nSPS) is 9.93. The summed E-state index contributed by atoms with van der Waals surface area (Å²) >= 11 is 5.97. The maximum atomic E-state index is 5.97. The van der Waals surface area contributed by atoms with Gasteiger partial charge in [0, 0.05) is 18.9 Å². The van der Waals surface area contributed by atoms with Crippen LogP contribution in [0.5, 0.6) is 0 Å². The fourth-order valence-electron chi connectivity index (χ4n) is 1.31. The maximum absolute atomic E-state index is 5.97. The van der Waals surface area contributed by atoms with E-state index in [1.54, 1.807) is 12.4 Å². The van der Waals surface area contributed by atoms with Crippen molar-refractivity contribution in [1.29, 1.82) is 0 Å². The Kier molecular flexibility index (Phi) is 3.20. The second-order valence-corrected chi connectivity index (χ2v) is 3.60. The van der Waals surface area contributed by atoms with Gasteiger partial charge in [-0.25, -0.2) is 0 Å². The second-order valence-electron chi connectivity index (χ2n) is 3.19. The highest BCUT2D eigenvalue weighted by Crippen LogP contribution is 2.19. The molecule has 1 aromatic carbocycles. The van der Waals surface area contributed by atoms with E-state index in [2.05, 4.69) is 22.4 Å². The van der Waals surface area contributed by atoms with Crippen LogP contribution in [0.2, 0.25) is 5.02 Å². The largest absolute Gasteiger partial charge is 0.380 e. The predicted molar refractivity (Wildman–Crippen MR) is 63.0 cm³/mol. The van der Waals surface area contributed by atoms with E-state index in [-0.39, 0.29) is 0 Å². The van der Waals surface area contributed by atoms with Gasteiger partial charge >= 0.3 is 0 Å². The molecule has 15 heavy (non-hydrogen) atoms. The minimum absolute atomic E-state index is 0.647. The van der Waals surface area contributed by atoms with Crippen LogP contribution in [0.3, 0.4) is 0 Å². The number of hydrogen-bond donors (Lipinski definition) is 1. The molecule has 0 aliphatic carbocycles. The Labute approximate surface area is 93.9 Å². The standard InChI is InChI=1S/C12H11ClN2/c13-11-9-14-7-6-12(11)15-8-10-4-2-1-3-5-10/h1-7,9H,8H2,(H,14,15). The van der Waals surface area contributed by atoms with Crippen LogP contribution < -0.4 is 5.32 Å². The van der Waals surface area contributed by atoms with Crippen LogP contribution in [0, 0.1) is 0 Å². The number of anilines is 1. The van der Waals surface area contributed by atoms with Gasteiger partial charge in [-0.15, -0.1) is 0 Å². The lowest BCUT2D eigenvalue weighted by Crippen LogP contribution is -1.99. The van der Waals surface area contributed by atoms with E-state index in [0.717, 1.165) is 12.2 Å². The van der Waals surface area contributed by atoms with Gasteiger partial charge in [-0.05, 0) is 11.6 Å². The summed E-state index contributed by atoms with van der Waals surface area (Å²) < 4.78 is 0. The quantitative estimate of drug-likeness (QED) is 0.855. The molecule has 0 aliphatic heterocycles. The van der Waals surface area contributed by atoms with E-state index in [1.165, 1.54) is 5.56 Å². The number of nitrogens with zero attached hydrogens (tertiary/aromatic N) is 1. The summed E-state index contributed by atoms with van der Waals surface area (Å²) in [5.74, 6) is 0. The molecule has 1 aromatic heterocycles. The van der Waals surface area contributed by atoms with Crippen LogP contribution >= 0.6 is 11.6 Å². The molecule has 2 rings (SSSR count). The van der Waals surface area contributed by atoms with E-state index < -0.39 is 0 Å². The zero-order valence-corrected chi connectivity index (χ0v) is 8.91. The van der Waals surface area contributed by atoms with Gasteiger partial charge in [0.25, 0.3) is 0 Å². The molecule has 3 heteroatoms. The number of aromatic nitrogens is 1. The van der Waals surface area contributed by atoms with E-state index in [0.29, 0.717) is 5.02 Å². The van der Waals surface area contributed by atoms with E-state index in [9.17, 15) is 0 Å². The number of benzene rings is 1. The zero-order chi connectivity index (χ0) is 10.5. The van der Waals surface area contributed by atoms with Crippen molar-refractivity contribution < 1.29 is 0 Å². The van der Waals surface area contributed by atoms with Gasteiger partial charge in [0.1, 0.15) is 0 Å². The van der Waals surface area contributed by atoms with E-state index >= 15 is 0 Å². The fraction of sp³-hybridized carbons (Fsp3) is 0.0833. The van der Waals surface area contributed by atoms with Crippen molar-refractivity contribution in [1.82, 2.24) is 4.98 Å². The monoisotopic (exact) mass is 218 g/mol. The van der Waals surface area contributed by atoms with Gasteiger partial charge in [0.05, 0.1) is 10.7 Å². The minimum Gasteiger partial charge on any atom is -0.380 e. The molecule has 0 amide bonds. The van der Waals surface area contributed by atoms with Crippen molar-refractivity contribution >= 4 is 17.3 Å². The first-order valence-corrected chi connectivity index (χ1v) is 5.11. The Hall–Kier alpha value is -1.54. The minimum atomic E-state index is 0.647. The molecule has 2 nitrogen and oxygen atoms in total. The summed E-state index contributed by atoms with van der Waals surface area (Å²) in [5, 5.41) is 3.90. The molecule has 0 fully saturated rings. The molecule has 0 bridgehead atoms.